The number of carbonyl (C=O) groups excluding carboxylic acids is 1. The SMILES string of the molecule is CN(C)c1cc(CNC(=O)CCC2CCNCC2)c2ccccc2n1.Cl.Cl. The Morgan fingerprint density at radius 2 is 1.93 bits per heavy atom. The highest BCUT2D eigenvalue weighted by molar-refractivity contribution is 5.86. The highest BCUT2D eigenvalue weighted by Gasteiger charge is 2.15. The molecule has 0 saturated carbocycles. The fourth-order valence-electron chi connectivity index (χ4n) is 3.40. The number of benzene rings is 1. The zero-order valence-electron chi connectivity index (χ0n) is 16.0. The van der Waals surface area contributed by atoms with Gasteiger partial charge in [-0.05, 0) is 56.0 Å². The Morgan fingerprint density at radius 1 is 1.22 bits per heavy atom. The third-order valence-corrected chi connectivity index (χ3v) is 4.96. The zero-order valence-corrected chi connectivity index (χ0v) is 17.7. The predicted molar refractivity (Wildman–Crippen MR) is 117 cm³/mol. The van der Waals surface area contributed by atoms with Gasteiger partial charge in [-0.1, -0.05) is 18.2 Å². The number of hydrogen-bond donors (Lipinski definition) is 2. The number of aromatic nitrogens is 1. The van der Waals surface area contributed by atoms with Crippen LogP contribution in [0.2, 0.25) is 0 Å². The number of rotatable bonds is 6. The Balaban J connectivity index is 0.00000182. The van der Waals surface area contributed by atoms with E-state index >= 15 is 0 Å². The lowest BCUT2D eigenvalue weighted by Crippen LogP contribution is -2.29. The molecule has 1 aliphatic heterocycles. The minimum Gasteiger partial charge on any atom is -0.363 e. The molecule has 2 aromatic rings. The predicted octanol–water partition coefficient (Wildman–Crippen LogP) is 3.54. The summed E-state index contributed by atoms with van der Waals surface area (Å²) in [6.07, 6.45) is 3.99. The summed E-state index contributed by atoms with van der Waals surface area (Å²) in [7, 11) is 3.97. The molecule has 2 heterocycles. The smallest absolute Gasteiger partial charge is 0.220 e. The van der Waals surface area contributed by atoms with Crippen molar-refractivity contribution in [3.8, 4) is 0 Å². The van der Waals surface area contributed by atoms with Crippen molar-refractivity contribution in [2.45, 2.75) is 32.2 Å². The second kappa shape index (κ2) is 11.3. The van der Waals surface area contributed by atoms with Gasteiger partial charge in [0.25, 0.3) is 0 Å². The Labute approximate surface area is 174 Å². The number of nitrogens with zero attached hydrogens (tertiary/aromatic N) is 2. The summed E-state index contributed by atoms with van der Waals surface area (Å²) >= 11 is 0. The van der Waals surface area contributed by atoms with Gasteiger partial charge >= 0.3 is 0 Å². The standard InChI is InChI=1S/C20H28N4O.2ClH/c1-24(2)19-13-16(17-5-3-4-6-18(17)23-19)14-22-20(25)8-7-15-9-11-21-12-10-15;;/h3-6,13,15,21H,7-12,14H2,1-2H3,(H,22,25);2*1H. The molecule has 0 spiro atoms. The van der Waals surface area contributed by atoms with Crippen molar-refractivity contribution in [2.24, 2.45) is 5.92 Å². The molecule has 150 valence electrons. The number of pyridine rings is 1. The van der Waals surface area contributed by atoms with Gasteiger partial charge in [0.05, 0.1) is 5.52 Å². The van der Waals surface area contributed by atoms with Crippen molar-refractivity contribution in [1.29, 1.82) is 0 Å². The first-order valence-electron chi connectivity index (χ1n) is 9.17. The van der Waals surface area contributed by atoms with Gasteiger partial charge in [-0.15, -0.1) is 24.8 Å². The number of carbonyl (C=O) groups is 1. The fraction of sp³-hybridized carbons (Fsp3) is 0.500. The Bertz CT molecular complexity index is 733. The molecule has 0 bridgehead atoms. The number of anilines is 1. The average Bonchev–Trinajstić information content (AvgIpc) is 2.65. The van der Waals surface area contributed by atoms with Gasteiger partial charge in [0, 0.05) is 32.4 Å². The Kier molecular flexibility index (Phi) is 9.84. The van der Waals surface area contributed by atoms with Crippen LogP contribution in [0.4, 0.5) is 5.82 Å². The van der Waals surface area contributed by atoms with Gasteiger partial charge in [0.1, 0.15) is 5.82 Å². The summed E-state index contributed by atoms with van der Waals surface area (Å²) in [4.78, 5) is 18.9. The van der Waals surface area contributed by atoms with E-state index in [1.54, 1.807) is 0 Å². The van der Waals surface area contributed by atoms with Crippen LogP contribution in [0.5, 0.6) is 0 Å². The van der Waals surface area contributed by atoms with Crippen LogP contribution >= 0.6 is 24.8 Å². The number of fused-ring (bicyclic) bond motifs is 1. The minimum absolute atomic E-state index is 0. The highest BCUT2D eigenvalue weighted by atomic mass is 35.5. The van der Waals surface area contributed by atoms with Crippen molar-refractivity contribution >= 4 is 47.4 Å². The van der Waals surface area contributed by atoms with Gasteiger partial charge in [-0.2, -0.15) is 0 Å². The summed E-state index contributed by atoms with van der Waals surface area (Å²) in [5.74, 6) is 1.75. The minimum atomic E-state index is 0. The number of piperidine rings is 1. The molecule has 1 aromatic carbocycles. The van der Waals surface area contributed by atoms with Crippen LogP contribution in [0.3, 0.4) is 0 Å². The van der Waals surface area contributed by atoms with Crippen LogP contribution in [-0.4, -0.2) is 38.1 Å². The first-order chi connectivity index (χ1) is 12.1. The van der Waals surface area contributed by atoms with E-state index in [9.17, 15) is 4.79 Å². The molecule has 5 nitrogen and oxygen atoms in total. The van der Waals surface area contributed by atoms with Gasteiger partial charge in [0.15, 0.2) is 0 Å². The lowest BCUT2D eigenvalue weighted by molar-refractivity contribution is -0.121. The van der Waals surface area contributed by atoms with Gasteiger partial charge < -0.3 is 15.5 Å². The summed E-state index contributed by atoms with van der Waals surface area (Å²) in [5, 5.41) is 7.57. The van der Waals surface area contributed by atoms with Gasteiger partial charge in [-0.3, -0.25) is 4.79 Å². The molecule has 1 aromatic heterocycles. The van der Waals surface area contributed by atoms with Crippen LogP contribution in [0.25, 0.3) is 10.9 Å². The average molecular weight is 413 g/mol. The molecular weight excluding hydrogens is 383 g/mol. The van der Waals surface area contributed by atoms with E-state index in [4.69, 9.17) is 0 Å². The monoisotopic (exact) mass is 412 g/mol. The molecule has 2 N–H and O–H groups in total. The first kappa shape index (κ1) is 23.5. The summed E-state index contributed by atoms with van der Waals surface area (Å²) in [6.45, 7) is 2.72. The van der Waals surface area contributed by atoms with Crippen LogP contribution in [0.1, 0.15) is 31.2 Å². The van der Waals surface area contributed by atoms with Crippen molar-refractivity contribution in [2.75, 3.05) is 32.1 Å². The maximum Gasteiger partial charge on any atom is 0.220 e. The topological polar surface area (TPSA) is 57.3 Å². The highest BCUT2D eigenvalue weighted by Crippen LogP contribution is 2.22. The van der Waals surface area contributed by atoms with Crippen LogP contribution in [0, 0.1) is 5.92 Å². The van der Waals surface area contributed by atoms with Crippen molar-refractivity contribution in [1.82, 2.24) is 15.6 Å². The Morgan fingerprint density at radius 3 is 2.63 bits per heavy atom. The largest absolute Gasteiger partial charge is 0.363 e. The lowest BCUT2D eigenvalue weighted by Gasteiger charge is -2.22. The third-order valence-electron chi connectivity index (χ3n) is 4.96. The van der Waals surface area contributed by atoms with Gasteiger partial charge in [-0.25, -0.2) is 4.98 Å². The van der Waals surface area contributed by atoms with Crippen LogP contribution in [0.15, 0.2) is 30.3 Å². The maximum absolute atomic E-state index is 12.3. The summed E-state index contributed by atoms with van der Waals surface area (Å²) < 4.78 is 0. The van der Waals surface area contributed by atoms with E-state index in [1.165, 1.54) is 12.8 Å². The van der Waals surface area contributed by atoms with Crippen LogP contribution < -0.4 is 15.5 Å². The normalized spacial score (nSPS) is 14.1. The molecule has 0 radical (unpaired) electrons. The fourth-order valence-corrected chi connectivity index (χ4v) is 3.40. The molecule has 1 aliphatic rings. The van der Waals surface area contributed by atoms with E-state index < -0.39 is 0 Å². The maximum atomic E-state index is 12.3. The van der Waals surface area contributed by atoms with E-state index in [2.05, 4.69) is 27.8 Å². The van der Waals surface area contributed by atoms with E-state index in [1.807, 2.05) is 37.2 Å². The van der Waals surface area contributed by atoms with Crippen molar-refractivity contribution in [3.05, 3.63) is 35.9 Å². The molecule has 1 fully saturated rings. The van der Waals surface area contributed by atoms with Crippen molar-refractivity contribution in [3.63, 3.8) is 0 Å². The molecule has 0 unspecified atom stereocenters. The van der Waals surface area contributed by atoms with Crippen molar-refractivity contribution < 1.29 is 4.79 Å². The van der Waals surface area contributed by atoms with E-state index in [0.717, 1.165) is 41.8 Å². The Hall–Kier alpha value is -1.56. The molecule has 3 rings (SSSR count). The quantitative estimate of drug-likeness (QED) is 0.761. The molecule has 0 atom stereocenters. The second-order valence-electron chi connectivity index (χ2n) is 7.06. The number of para-hydroxylation sites is 1. The van der Waals surface area contributed by atoms with E-state index in [-0.39, 0.29) is 30.7 Å². The molecule has 1 saturated heterocycles. The molecular formula is C20H30Cl2N4O. The molecule has 27 heavy (non-hydrogen) atoms. The van der Waals surface area contributed by atoms with Crippen LogP contribution in [-0.2, 0) is 11.3 Å². The molecule has 1 amide bonds. The lowest BCUT2D eigenvalue weighted by atomic mass is 9.93. The van der Waals surface area contributed by atoms with Gasteiger partial charge in [0.2, 0.25) is 5.91 Å². The third kappa shape index (κ3) is 6.52. The summed E-state index contributed by atoms with van der Waals surface area (Å²) in [6, 6.07) is 10.2. The second-order valence-corrected chi connectivity index (χ2v) is 7.06. The molecule has 7 heteroatoms. The molecule has 0 aliphatic carbocycles. The number of amides is 1. The van der Waals surface area contributed by atoms with E-state index in [0.29, 0.717) is 18.9 Å². The zero-order chi connectivity index (χ0) is 17.6. The number of nitrogens with one attached hydrogen (secondary N) is 2. The first-order valence-corrected chi connectivity index (χ1v) is 9.17. The number of halogens is 2. The summed E-state index contributed by atoms with van der Waals surface area (Å²) in [5.41, 5.74) is 2.08. The number of hydrogen-bond acceptors (Lipinski definition) is 4.